The first-order valence-corrected chi connectivity index (χ1v) is 4.54. The van der Waals surface area contributed by atoms with Crippen LogP contribution in [-0.2, 0) is 0 Å². The van der Waals surface area contributed by atoms with Gasteiger partial charge in [-0.2, -0.15) is 5.26 Å². The number of rotatable bonds is 0. The molecule has 0 unspecified atom stereocenters. The lowest BCUT2D eigenvalue weighted by Gasteiger charge is -2.33. The molecular formula is C9H15N3O. The number of nitriles is 1. The molecule has 1 heterocycles. The van der Waals surface area contributed by atoms with Crippen molar-refractivity contribution < 1.29 is 4.79 Å². The zero-order chi connectivity index (χ0) is 9.84. The van der Waals surface area contributed by atoms with Crippen molar-refractivity contribution in [3.05, 3.63) is 0 Å². The Hall–Kier alpha value is -1.24. The van der Waals surface area contributed by atoms with E-state index in [9.17, 15) is 4.79 Å². The molecule has 1 fully saturated rings. The van der Waals surface area contributed by atoms with E-state index in [4.69, 9.17) is 5.26 Å². The summed E-state index contributed by atoms with van der Waals surface area (Å²) in [5.74, 6) is 0. The average Bonchev–Trinajstić information content (AvgIpc) is 2.16. The van der Waals surface area contributed by atoms with E-state index in [2.05, 4.69) is 6.07 Å². The molecule has 4 nitrogen and oxygen atoms in total. The Bertz CT molecular complexity index is 232. The molecule has 1 atom stereocenters. The van der Waals surface area contributed by atoms with Crippen LogP contribution in [0.25, 0.3) is 0 Å². The second-order valence-corrected chi connectivity index (χ2v) is 3.51. The van der Waals surface area contributed by atoms with Crippen molar-refractivity contribution in [2.24, 2.45) is 0 Å². The third kappa shape index (κ3) is 2.11. The monoisotopic (exact) mass is 181 g/mol. The van der Waals surface area contributed by atoms with Gasteiger partial charge in [-0.15, -0.1) is 0 Å². The molecular weight excluding hydrogens is 166 g/mol. The summed E-state index contributed by atoms with van der Waals surface area (Å²) in [6.45, 7) is 0.718. The highest BCUT2D eigenvalue weighted by atomic mass is 16.2. The summed E-state index contributed by atoms with van der Waals surface area (Å²) in [5, 5.41) is 8.83. The van der Waals surface area contributed by atoms with E-state index >= 15 is 0 Å². The number of hydrogen-bond donors (Lipinski definition) is 0. The van der Waals surface area contributed by atoms with Crippen molar-refractivity contribution in [1.29, 1.82) is 5.26 Å². The summed E-state index contributed by atoms with van der Waals surface area (Å²) in [5.41, 5.74) is 0. The largest absolute Gasteiger partial charge is 0.331 e. The zero-order valence-corrected chi connectivity index (χ0v) is 8.16. The number of nitrogens with zero attached hydrogens (tertiary/aromatic N) is 3. The molecule has 0 N–H and O–H groups in total. The highest BCUT2D eigenvalue weighted by molar-refractivity contribution is 5.74. The van der Waals surface area contributed by atoms with Crippen molar-refractivity contribution in [1.82, 2.24) is 9.80 Å². The number of piperidine rings is 1. The van der Waals surface area contributed by atoms with Crippen molar-refractivity contribution in [2.75, 3.05) is 20.6 Å². The number of carbonyl (C=O) groups is 1. The van der Waals surface area contributed by atoms with Crippen molar-refractivity contribution in [2.45, 2.75) is 25.3 Å². The van der Waals surface area contributed by atoms with Crippen LogP contribution >= 0.6 is 0 Å². The van der Waals surface area contributed by atoms with Gasteiger partial charge >= 0.3 is 6.03 Å². The van der Waals surface area contributed by atoms with Gasteiger partial charge in [-0.05, 0) is 19.3 Å². The standard InChI is InChI=1S/C9H15N3O/c1-11(2)9(13)12-6-4-3-5-8(12)7-10/h8H,3-6H2,1-2H3/t8-/m1/s1. The van der Waals surface area contributed by atoms with Crippen LogP contribution in [-0.4, -0.2) is 42.5 Å². The van der Waals surface area contributed by atoms with Crippen LogP contribution < -0.4 is 0 Å². The summed E-state index contributed by atoms with van der Waals surface area (Å²) in [6.07, 6.45) is 2.88. The van der Waals surface area contributed by atoms with Crippen LogP contribution in [0, 0.1) is 11.3 Å². The Balaban J connectivity index is 2.65. The first-order chi connectivity index (χ1) is 6.16. The van der Waals surface area contributed by atoms with Gasteiger partial charge in [0, 0.05) is 20.6 Å². The smallest absolute Gasteiger partial charge is 0.320 e. The molecule has 0 bridgehead atoms. The van der Waals surface area contributed by atoms with Crippen LogP contribution in [0.1, 0.15) is 19.3 Å². The van der Waals surface area contributed by atoms with E-state index in [1.54, 1.807) is 19.0 Å². The second-order valence-electron chi connectivity index (χ2n) is 3.51. The Labute approximate surface area is 78.7 Å². The van der Waals surface area contributed by atoms with Gasteiger partial charge in [0.1, 0.15) is 6.04 Å². The highest BCUT2D eigenvalue weighted by Crippen LogP contribution is 2.17. The predicted octanol–water partition coefficient (Wildman–Crippen LogP) is 1.05. The van der Waals surface area contributed by atoms with E-state index in [0.29, 0.717) is 0 Å². The van der Waals surface area contributed by atoms with Gasteiger partial charge < -0.3 is 9.80 Å². The van der Waals surface area contributed by atoms with Gasteiger partial charge in [-0.1, -0.05) is 0 Å². The molecule has 13 heavy (non-hydrogen) atoms. The lowest BCUT2D eigenvalue weighted by molar-refractivity contribution is 0.145. The Kier molecular flexibility index (Phi) is 3.13. The Morgan fingerprint density at radius 2 is 2.23 bits per heavy atom. The fourth-order valence-corrected chi connectivity index (χ4v) is 1.55. The Morgan fingerprint density at radius 1 is 1.54 bits per heavy atom. The van der Waals surface area contributed by atoms with Crippen molar-refractivity contribution >= 4 is 6.03 Å². The third-order valence-electron chi connectivity index (χ3n) is 2.28. The minimum Gasteiger partial charge on any atom is -0.331 e. The third-order valence-corrected chi connectivity index (χ3v) is 2.28. The SMILES string of the molecule is CN(C)C(=O)N1CCCC[C@@H]1C#N. The van der Waals surface area contributed by atoms with Crippen molar-refractivity contribution in [3.63, 3.8) is 0 Å². The molecule has 4 heteroatoms. The van der Waals surface area contributed by atoms with Crippen LogP contribution in [0.5, 0.6) is 0 Å². The second kappa shape index (κ2) is 4.13. The zero-order valence-electron chi connectivity index (χ0n) is 8.16. The molecule has 0 aromatic rings. The summed E-state index contributed by atoms with van der Waals surface area (Å²) >= 11 is 0. The number of likely N-dealkylation sites (tertiary alicyclic amines) is 1. The van der Waals surface area contributed by atoms with Crippen LogP contribution in [0.4, 0.5) is 4.79 Å². The molecule has 1 saturated heterocycles. The summed E-state index contributed by atoms with van der Waals surface area (Å²) in [4.78, 5) is 14.7. The quantitative estimate of drug-likeness (QED) is 0.560. The van der Waals surface area contributed by atoms with Crippen molar-refractivity contribution in [3.8, 4) is 6.07 Å². The topological polar surface area (TPSA) is 47.3 Å². The number of hydrogen-bond acceptors (Lipinski definition) is 2. The van der Waals surface area contributed by atoms with Gasteiger partial charge in [0.25, 0.3) is 0 Å². The summed E-state index contributed by atoms with van der Waals surface area (Å²) < 4.78 is 0. The molecule has 72 valence electrons. The first kappa shape index (κ1) is 9.85. The van der Waals surface area contributed by atoms with Gasteiger partial charge in [0.2, 0.25) is 0 Å². The Morgan fingerprint density at radius 3 is 2.77 bits per heavy atom. The van der Waals surface area contributed by atoms with E-state index in [-0.39, 0.29) is 12.1 Å². The minimum atomic E-state index is -0.219. The first-order valence-electron chi connectivity index (χ1n) is 4.54. The maximum atomic E-state index is 11.6. The molecule has 0 aromatic carbocycles. The lowest BCUT2D eigenvalue weighted by Crippen LogP contribution is -2.47. The fraction of sp³-hybridized carbons (Fsp3) is 0.778. The van der Waals surface area contributed by atoms with E-state index in [1.807, 2.05) is 0 Å². The average molecular weight is 181 g/mol. The number of amides is 2. The molecule has 0 radical (unpaired) electrons. The molecule has 0 aliphatic carbocycles. The van der Waals surface area contributed by atoms with E-state index in [1.165, 1.54) is 4.90 Å². The number of carbonyl (C=O) groups excluding carboxylic acids is 1. The molecule has 0 saturated carbocycles. The molecule has 0 aromatic heterocycles. The molecule has 0 spiro atoms. The van der Waals surface area contributed by atoms with Gasteiger partial charge in [-0.25, -0.2) is 4.79 Å². The normalized spacial score (nSPS) is 22.2. The molecule has 2 amide bonds. The fourth-order valence-electron chi connectivity index (χ4n) is 1.55. The van der Waals surface area contributed by atoms with E-state index < -0.39 is 0 Å². The molecule has 1 aliphatic rings. The summed E-state index contributed by atoms with van der Waals surface area (Å²) in [7, 11) is 3.43. The lowest BCUT2D eigenvalue weighted by atomic mass is 10.0. The van der Waals surface area contributed by atoms with Gasteiger partial charge in [-0.3, -0.25) is 0 Å². The highest BCUT2D eigenvalue weighted by Gasteiger charge is 2.27. The van der Waals surface area contributed by atoms with Crippen LogP contribution in [0.3, 0.4) is 0 Å². The van der Waals surface area contributed by atoms with Gasteiger partial charge in [0.05, 0.1) is 6.07 Å². The van der Waals surface area contributed by atoms with Gasteiger partial charge in [0.15, 0.2) is 0 Å². The van der Waals surface area contributed by atoms with Crippen LogP contribution in [0.15, 0.2) is 0 Å². The molecule has 1 aliphatic heterocycles. The predicted molar refractivity (Wildman–Crippen MR) is 49.0 cm³/mol. The maximum Gasteiger partial charge on any atom is 0.320 e. The summed E-state index contributed by atoms with van der Waals surface area (Å²) in [6, 6.07) is 1.90. The van der Waals surface area contributed by atoms with Crippen LogP contribution in [0.2, 0.25) is 0 Å². The number of urea groups is 1. The van der Waals surface area contributed by atoms with E-state index in [0.717, 1.165) is 25.8 Å². The maximum absolute atomic E-state index is 11.6. The molecule has 1 rings (SSSR count). The minimum absolute atomic E-state index is 0.0498.